The quantitative estimate of drug-likeness (QED) is 0.666. The summed E-state index contributed by atoms with van der Waals surface area (Å²) in [7, 11) is 3.58. The maximum Gasteiger partial charge on any atom is 0.220 e. The number of rotatable bonds is 7. The van der Waals surface area contributed by atoms with E-state index in [9.17, 15) is 9.59 Å². The standard InChI is InChI=1S/C21H22N2O3/c1-23-14-16(18-5-3-4-6-19(18)23)9-12-21(25)22-13-20(24)15-7-10-17(26-2)11-8-15/h3-8,10-11,14H,9,12-13H2,1-2H3,(H,22,25). The van der Waals surface area contributed by atoms with Gasteiger partial charge in [-0.15, -0.1) is 0 Å². The fraction of sp³-hybridized carbons (Fsp3) is 0.238. The second kappa shape index (κ2) is 7.87. The van der Waals surface area contributed by atoms with Crippen LogP contribution in [0.25, 0.3) is 10.9 Å². The number of nitrogens with zero attached hydrogens (tertiary/aromatic N) is 1. The van der Waals surface area contributed by atoms with Crippen LogP contribution in [0.5, 0.6) is 5.75 Å². The first-order valence-corrected chi connectivity index (χ1v) is 8.55. The summed E-state index contributed by atoms with van der Waals surface area (Å²) in [5.74, 6) is 0.451. The van der Waals surface area contributed by atoms with Crippen molar-refractivity contribution in [1.29, 1.82) is 0 Å². The molecule has 1 aromatic heterocycles. The van der Waals surface area contributed by atoms with Crippen LogP contribution >= 0.6 is 0 Å². The predicted octanol–water partition coefficient (Wildman–Crippen LogP) is 3.12. The number of hydrogen-bond donors (Lipinski definition) is 1. The molecular formula is C21H22N2O3. The molecule has 1 heterocycles. The monoisotopic (exact) mass is 350 g/mol. The van der Waals surface area contributed by atoms with Crippen LogP contribution in [0.4, 0.5) is 0 Å². The number of fused-ring (bicyclic) bond motifs is 1. The minimum atomic E-state index is -0.125. The Morgan fingerprint density at radius 3 is 2.54 bits per heavy atom. The van der Waals surface area contributed by atoms with E-state index in [1.807, 2.05) is 19.2 Å². The van der Waals surface area contributed by atoms with E-state index < -0.39 is 0 Å². The molecule has 1 amide bonds. The van der Waals surface area contributed by atoms with Crippen LogP contribution in [0.1, 0.15) is 22.3 Å². The predicted molar refractivity (Wildman–Crippen MR) is 102 cm³/mol. The first kappa shape index (κ1) is 17.7. The van der Waals surface area contributed by atoms with Crippen LogP contribution in [0.15, 0.2) is 54.7 Å². The first-order chi connectivity index (χ1) is 12.6. The lowest BCUT2D eigenvalue weighted by molar-refractivity contribution is -0.120. The van der Waals surface area contributed by atoms with Crippen molar-refractivity contribution in [2.45, 2.75) is 12.8 Å². The van der Waals surface area contributed by atoms with Gasteiger partial charge in [-0.3, -0.25) is 9.59 Å². The highest BCUT2D eigenvalue weighted by molar-refractivity contribution is 5.99. The molecule has 0 atom stereocenters. The lowest BCUT2D eigenvalue weighted by Gasteiger charge is -2.06. The molecule has 0 spiro atoms. The largest absolute Gasteiger partial charge is 0.497 e. The van der Waals surface area contributed by atoms with E-state index in [1.54, 1.807) is 31.4 Å². The zero-order valence-electron chi connectivity index (χ0n) is 15.0. The van der Waals surface area contributed by atoms with E-state index in [2.05, 4.69) is 28.2 Å². The summed E-state index contributed by atoms with van der Waals surface area (Å²) >= 11 is 0. The molecule has 0 radical (unpaired) electrons. The molecule has 0 aliphatic heterocycles. The molecule has 5 heteroatoms. The molecule has 0 saturated carbocycles. The Labute approximate surface area is 152 Å². The van der Waals surface area contributed by atoms with Gasteiger partial charge in [0.25, 0.3) is 0 Å². The van der Waals surface area contributed by atoms with Crippen molar-refractivity contribution in [2.24, 2.45) is 7.05 Å². The normalized spacial score (nSPS) is 10.7. The van der Waals surface area contributed by atoms with Crippen molar-refractivity contribution in [2.75, 3.05) is 13.7 Å². The van der Waals surface area contributed by atoms with Crippen molar-refractivity contribution in [3.63, 3.8) is 0 Å². The van der Waals surface area contributed by atoms with Gasteiger partial charge in [0.15, 0.2) is 5.78 Å². The summed E-state index contributed by atoms with van der Waals surface area (Å²) in [6.07, 6.45) is 3.05. The highest BCUT2D eigenvalue weighted by atomic mass is 16.5. The van der Waals surface area contributed by atoms with Gasteiger partial charge in [0.1, 0.15) is 5.75 Å². The zero-order chi connectivity index (χ0) is 18.5. The molecule has 1 N–H and O–H groups in total. The van der Waals surface area contributed by atoms with Crippen molar-refractivity contribution < 1.29 is 14.3 Å². The van der Waals surface area contributed by atoms with Crippen LogP contribution in [-0.4, -0.2) is 29.9 Å². The summed E-state index contributed by atoms with van der Waals surface area (Å²) in [5, 5.41) is 3.87. The number of para-hydroxylation sites is 1. The fourth-order valence-corrected chi connectivity index (χ4v) is 3.02. The SMILES string of the molecule is COc1ccc(C(=O)CNC(=O)CCc2cn(C)c3ccccc23)cc1. The number of aromatic nitrogens is 1. The number of aryl methyl sites for hydroxylation is 2. The van der Waals surface area contributed by atoms with Crippen molar-refractivity contribution in [3.8, 4) is 5.75 Å². The number of amides is 1. The number of benzene rings is 2. The molecule has 5 nitrogen and oxygen atoms in total. The highest BCUT2D eigenvalue weighted by Gasteiger charge is 2.11. The Morgan fingerprint density at radius 2 is 1.81 bits per heavy atom. The number of ether oxygens (including phenoxy) is 1. The molecule has 3 rings (SSSR count). The number of methoxy groups -OCH3 is 1. The van der Waals surface area contributed by atoms with Gasteiger partial charge < -0.3 is 14.6 Å². The topological polar surface area (TPSA) is 60.3 Å². The smallest absolute Gasteiger partial charge is 0.220 e. The van der Waals surface area contributed by atoms with Crippen LogP contribution in [0, 0.1) is 0 Å². The van der Waals surface area contributed by atoms with Gasteiger partial charge in [-0.05, 0) is 42.3 Å². The van der Waals surface area contributed by atoms with E-state index in [4.69, 9.17) is 4.74 Å². The van der Waals surface area contributed by atoms with Gasteiger partial charge in [0, 0.05) is 36.1 Å². The molecule has 0 fully saturated rings. The maximum atomic E-state index is 12.1. The average molecular weight is 350 g/mol. The molecule has 2 aromatic carbocycles. The van der Waals surface area contributed by atoms with Gasteiger partial charge in [0.05, 0.1) is 13.7 Å². The van der Waals surface area contributed by atoms with Crippen molar-refractivity contribution in [1.82, 2.24) is 9.88 Å². The van der Waals surface area contributed by atoms with Gasteiger partial charge in [-0.2, -0.15) is 0 Å². The minimum Gasteiger partial charge on any atom is -0.497 e. The Kier molecular flexibility index (Phi) is 5.37. The lowest BCUT2D eigenvalue weighted by atomic mass is 10.1. The number of carbonyl (C=O) groups excluding carboxylic acids is 2. The van der Waals surface area contributed by atoms with Gasteiger partial charge in [-0.25, -0.2) is 0 Å². The van der Waals surface area contributed by atoms with E-state index in [1.165, 1.54) is 0 Å². The minimum absolute atomic E-state index is 0.000694. The van der Waals surface area contributed by atoms with Crippen LogP contribution in [0.2, 0.25) is 0 Å². The molecular weight excluding hydrogens is 328 g/mol. The number of Topliss-reactive ketones (excluding diaryl/α,β-unsaturated/α-hetero) is 1. The number of carbonyl (C=O) groups is 2. The third-order valence-electron chi connectivity index (χ3n) is 4.46. The van der Waals surface area contributed by atoms with Crippen LogP contribution in [-0.2, 0) is 18.3 Å². The van der Waals surface area contributed by atoms with Gasteiger partial charge >= 0.3 is 0 Å². The molecule has 134 valence electrons. The average Bonchev–Trinajstić information content (AvgIpc) is 3.00. The van der Waals surface area contributed by atoms with Crippen molar-refractivity contribution in [3.05, 3.63) is 65.9 Å². The summed E-state index contributed by atoms with van der Waals surface area (Å²) in [6.45, 7) is 0.000694. The third-order valence-corrected chi connectivity index (χ3v) is 4.46. The molecule has 0 saturated heterocycles. The molecule has 0 bridgehead atoms. The Bertz CT molecular complexity index is 926. The van der Waals surface area contributed by atoms with E-state index in [0.29, 0.717) is 24.2 Å². The van der Waals surface area contributed by atoms with Crippen LogP contribution in [0.3, 0.4) is 0 Å². The van der Waals surface area contributed by atoms with Gasteiger partial charge in [0.2, 0.25) is 5.91 Å². The molecule has 0 aliphatic carbocycles. The zero-order valence-corrected chi connectivity index (χ0v) is 15.0. The van der Waals surface area contributed by atoms with Crippen molar-refractivity contribution >= 4 is 22.6 Å². The number of nitrogens with one attached hydrogen (secondary N) is 1. The summed E-state index contributed by atoms with van der Waals surface area (Å²) < 4.78 is 7.14. The van der Waals surface area contributed by atoms with E-state index >= 15 is 0 Å². The maximum absolute atomic E-state index is 12.1. The third kappa shape index (κ3) is 3.94. The molecule has 26 heavy (non-hydrogen) atoms. The summed E-state index contributed by atoms with van der Waals surface area (Å²) in [6, 6.07) is 15.0. The Hall–Kier alpha value is -3.08. The van der Waals surface area contributed by atoms with Gasteiger partial charge in [-0.1, -0.05) is 18.2 Å². The summed E-state index contributed by atoms with van der Waals surface area (Å²) in [4.78, 5) is 24.2. The van der Waals surface area contributed by atoms with E-state index in [-0.39, 0.29) is 18.2 Å². The van der Waals surface area contributed by atoms with E-state index in [0.717, 1.165) is 16.5 Å². The lowest BCUT2D eigenvalue weighted by Crippen LogP contribution is -2.29. The highest BCUT2D eigenvalue weighted by Crippen LogP contribution is 2.21. The summed E-state index contributed by atoms with van der Waals surface area (Å²) in [5.41, 5.74) is 2.84. The Balaban J connectivity index is 1.53. The molecule has 0 aliphatic rings. The number of ketones is 1. The molecule has 0 unspecified atom stereocenters. The van der Waals surface area contributed by atoms with Crippen LogP contribution < -0.4 is 10.1 Å². The number of hydrogen-bond acceptors (Lipinski definition) is 3. The second-order valence-corrected chi connectivity index (χ2v) is 6.21. The first-order valence-electron chi connectivity index (χ1n) is 8.55. The molecule has 3 aromatic rings. The Morgan fingerprint density at radius 1 is 1.08 bits per heavy atom. The fourth-order valence-electron chi connectivity index (χ4n) is 3.02. The second-order valence-electron chi connectivity index (χ2n) is 6.21.